The van der Waals surface area contributed by atoms with Crippen LogP contribution in [0, 0.1) is 6.92 Å². The summed E-state index contributed by atoms with van der Waals surface area (Å²) in [6.45, 7) is 4.35. The fourth-order valence-corrected chi connectivity index (χ4v) is 2.25. The van der Waals surface area contributed by atoms with Crippen LogP contribution in [0.2, 0.25) is 5.02 Å². The van der Waals surface area contributed by atoms with E-state index in [1.807, 2.05) is 38.2 Å². The van der Waals surface area contributed by atoms with E-state index in [4.69, 9.17) is 22.1 Å². The molecule has 1 aromatic heterocycles. The number of nitrogens with zero attached hydrogens (tertiary/aromatic N) is 2. The van der Waals surface area contributed by atoms with Gasteiger partial charge in [0, 0.05) is 13.1 Å². The van der Waals surface area contributed by atoms with E-state index in [9.17, 15) is 0 Å². The van der Waals surface area contributed by atoms with E-state index in [-0.39, 0.29) is 6.04 Å². The molecule has 2 N–H and O–H groups in total. The van der Waals surface area contributed by atoms with E-state index < -0.39 is 0 Å². The predicted octanol–water partition coefficient (Wildman–Crippen LogP) is 3.37. The van der Waals surface area contributed by atoms with Crippen LogP contribution in [0.4, 0.5) is 0 Å². The van der Waals surface area contributed by atoms with Crippen LogP contribution in [0.5, 0.6) is 5.75 Å². The van der Waals surface area contributed by atoms with E-state index in [1.165, 1.54) is 0 Å². The van der Waals surface area contributed by atoms with Crippen molar-refractivity contribution in [2.24, 2.45) is 12.8 Å². The highest BCUT2D eigenvalue weighted by molar-refractivity contribution is 6.31. The van der Waals surface area contributed by atoms with Crippen LogP contribution in [-0.2, 0) is 13.7 Å². The third-order valence-electron chi connectivity index (χ3n) is 3.39. The van der Waals surface area contributed by atoms with Gasteiger partial charge < -0.3 is 10.5 Å². The Morgan fingerprint density at radius 1 is 1.35 bits per heavy atom. The normalized spacial score (nSPS) is 12.4. The summed E-state index contributed by atoms with van der Waals surface area (Å²) in [5.41, 5.74) is 8.79. The molecule has 0 fully saturated rings. The summed E-state index contributed by atoms with van der Waals surface area (Å²) in [7, 11) is 1.86. The van der Waals surface area contributed by atoms with Crippen LogP contribution in [-0.4, -0.2) is 9.78 Å². The Labute approximate surface area is 124 Å². The molecule has 0 aliphatic heterocycles. The minimum absolute atomic E-state index is 0.0817. The minimum Gasteiger partial charge on any atom is -0.487 e. The number of rotatable bonds is 5. The van der Waals surface area contributed by atoms with E-state index in [2.05, 4.69) is 12.0 Å². The quantitative estimate of drug-likeness (QED) is 0.919. The van der Waals surface area contributed by atoms with Crippen LogP contribution in [0.25, 0.3) is 0 Å². The Bertz CT molecular complexity index is 578. The van der Waals surface area contributed by atoms with Crippen molar-refractivity contribution in [2.75, 3.05) is 0 Å². The van der Waals surface area contributed by atoms with Crippen molar-refractivity contribution in [3.8, 4) is 5.75 Å². The average molecular weight is 294 g/mol. The topological polar surface area (TPSA) is 53.1 Å². The maximum absolute atomic E-state index is 6.19. The second kappa shape index (κ2) is 6.29. The lowest BCUT2D eigenvalue weighted by Gasteiger charge is -2.11. The molecule has 0 unspecified atom stereocenters. The van der Waals surface area contributed by atoms with Crippen LogP contribution >= 0.6 is 11.6 Å². The number of aryl methyl sites for hydroxylation is 2. The highest BCUT2D eigenvalue weighted by Gasteiger charge is 2.11. The number of benzene rings is 1. The SMILES string of the molecule is CC[C@@H](N)c1ccc(OCc2c(Cl)c(C)nn2C)cc1. The van der Waals surface area contributed by atoms with Gasteiger partial charge in [0.2, 0.25) is 0 Å². The van der Waals surface area contributed by atoms with E-state index in [1.54, 1.807) is 4.68 Å². The first-order valence-corrected chi connectivity index (χ1v) is 7.07. The number of ether oxygens (including phenoxy) is 1. The predicted molar refractivity (Wildman–Crippen MR) is 80.9 cm³/mol. The Balaban J connectivity index is 2.04. The van der Waals surface area contributed by atoms with E-state index in [0.717, 1.165) is 29.1 Å². The Morgan fingerprint density at radius 2 is 2.00 bits per heavy atom. The van der Waals surface area contributed by atoms with Crippen molar-refractivity contribution in [3.63, 3.8) is 0 Å². The lowest BCUT2D eigenvalue weighted by Crippen LogP contribution is -2.08. The first kappa shape index (κ1) is 14.9. The molecule has 1 aromatic carbocycles. The summed E-state index contributed by atoms with van der Waals surface area (Å²) in [5.74, 6) is 0.798. The average Bonchev–Trinajstić information content (AvgIpc) is 2.70. The summed E-state index contributed by atoms with van der Waals surface area (Å²) in [5, 5.41) is 4.92. The molecule has 0 spiro atoms. The molecule has 0 amide bonds. The van der Waals surface area contributed by atoms with Crippen LogP contribution in [0.3, 0.4) is 0 Å². The summed E-state index contributed by atoms with van der Waals surface area (Å²) in [6, 6.07) is 7.95. The zero-order valence-electron chi connectivity index (χ0n) is 12.1. The first-order valence-electron chi connectivity index (χ1n) is 6.69. The van der Waals surface area contributed by atoms with Gasteiger partial charge in [-0.05, 0) is 31.0 Å². The number of hydrogen-bond acceptors (Lipinski definition) is 3. The first-order chi connectivity index (χ1) is 9.52. The van der Waals surface area contributed by atoms with Gasteiger partial charge in [-0.3, -0.25) is 4.68 Å². The Kier molecular flexibility index (Phi) is 4.68. The molecule has 4 nitrogen and oxygen atoms in total. The van der Waals surface area contributed by atoms with Gasteiger partial charge in [-0.25, -0.2) is 0 Å². The molecule has 0 aliphatic carbocycles. The Hall–Kier alpha value is -1.52. The number of nitrogens with two attached hydrogens (primary N) is 1. The molecule has 2 rings (SSSR count). The number of aromatic nitrogens is 2. The highest BCUT2D eigenvalue weighted by atomic mass is 35.5. The van der Waals surface area contributed by atoms with Gasteiger partial charge in [-0.15, -0.1) is 0 Å². The zero-order chi connectivity index (χ0) is 14.7. The molecule has 1 heterocycles. The zero-order valence-corrected chi connectivity index (χ0v) is 12.8. The van der Waals surface area contributed by atoms with Crippen LogP contribution in [0.1, 0.15) is 36.3 Å². The molecular weight excluding hydrogens is 274 g/mol. The molecular formula is C15H20ClN3O. The van der Waals surface area contributed by atoms with Gasteiger partial charge in [-0.1, -0.05) is 30.7 Å². The maximum atomic E-state index is 6.19. The van der Waals surface area contributed by atoms with Gasteiger partial charge in [-0.2, -0.15) is 5.10 Å². The third-order valence-corrected chi connectivity index (χ3v) is 3.88. The summed E-state index contributed by atoms with van der Waals surface area (Å²) in [4.78, 5) is 0. The summed E-state index contributed by atoms with van der Waals surface area (Å²) >= 11 is 6.19. The smallest absolute Gasteiger partial charge is 0.131 e. The standard InChI is InChI=1S/C15H20ClN3O/c1-4-13(17)11-5-7-12(8-6-11)20-9-14-15(16)10(2)18-19(14)3/h5-8,13H,4,9,17H2,1-3H3/t13-/m1/s1. The van der Waals surface area contributed by atoms with Crippen molar-refractivity contribution in [1.29, 1.82) is 0 Å². The van der Waals surface area contributed by atoms with Crippen molar-refractivity contribution < 1.29 is 4.74 Å². The van der Waals surface area contributed by atoms with Crippen LogP contribution in [0.15, 0.2) is 24.3 Å². The van der Waals surface area contributed by atoms with Gasteiger partial charge in [0.05, 0.1) is 16.4 Å². The monoisotopic (exact) mass is 293 g/mol. The molecule has 0 bridgehead atoms. The molecule has 20 heavy (non-hydrogen) atoms. The fourth-order valence-electron chi connectivity index (χ4n) is 2.04. The van der Waals surface area contributed by atoms with E-state index >= 15 is 0 Å². The largest absolute Gasteiger partial charge is 0.487 e. The minimum atomic E-state index is 0.0817. The molecule has 108 valence electrons. The molecule has 0 saturated heterocycles. The molecule has 1 atom stereocenters. The second-order valence-electron chi connectivity index (χ2n) is 4.84. The number of halogens is 1. The second-order valence-corrected chi connectivity index (χ2v) is 5.22. The fraction of sp³-hybridized carbons (Fsp3) is 0.400. The Morgan fingerprint density at radius 3 is 2.50 bits per heavy atom. The van der Waals surface area contributed by atoms with Crippen molar-refractivity contribution >= 4 is 11.6 Å². The van der Waals surface area contributed by atoms with Gasteiger partial charge in [0.25, 0.3) is 0 Å². The lowest BCUT2D eigenvalue weighted by molar-refractivity contribution is 0.295. The van der Waals surface area contributed by atoms with Crippen molar-refractivity contribution in [3.05, 3.63) is 46.2 Å². The van der Waals surface area contributed by atoms with Crippen molar-refractivity contribution in [2.45, 2.75) is 32.9 Å². The van der Waals surface area contributed by atoms with E-state index in [0.29, 0.717) is 11.6 Å². The van der Waals surface area contributed by atoms with Crippen molar-refractivity contribution in [1.82, 2.24) is 9.78 Å². The van der Waals surface area contributed by atoms with Gasteiger partial charge >= 0.3 is 0 Å². The molecule has 0 radical (unpaired) electrons. The number of hydrogen-bond donors (Lipinski definition) is 1. The summed E-state index contributed by atoms with van der Waals surface area (Å²) in [6.07, 6.45) is 0.921. The van der Waals surface area contributed by atoms with Crippen LogP contribution < -0.4 is 10.5 Å². The lowest BCUT2D eigenvalue weighted by atomic mass is 10.1. The van der Waals surface area contributed by atoms with Gasteiger partial charge in [0.1, 0.15) is 12.4 Å². The van der Waals surface area contributed by atoms with Gasteiger partial charge in [0.15, 0.2) is 0 Å². The highest BCUT2D eigenvalue weighted by Crippen LogP contribution is 2.22. The third kappa shape index (κ3) is 3.14. The molecule has 2 aromatic rings. The maximum Gasteiger partial charge on any atom is 0.131 e. The molecule has 0 saturated carbocycles. The molecule has 0 aliphatic rings. The molecule has 5 heteroatoms. The summed E-state index contributed by atoms with van der Waals surface area (Å²) < 4.78 is 7.50.